The average molecular weight is 243 g/mol. The van der Waals surface area contributed by atoms with Crippen molar-refractivity contribution in [1.82, 2.24) is 19.7 Å². The molecule has 6 heteroatoms. The number of pyridine rings is 1. The molecule has 66 valence electrons. The van der Waals surface area contributed by atoms with Crippen molar-refractivity contribution >= 4 is 15.9 Å². The number of halogens is 2. The molecule has 0 atom stereocenters. The molecule has 0 N–H and O–H groups in total. The molecule has 0 radical (unpaired) electrons. The largest absolute Gasteiger partial charge is 0.238 e. The smallest absolute Gasteiger partial charge is 0.225 e. The van der Waals surface area contributed by atoms with Gasteiger partial charge in [-0.3, -0.25) is 0 Å². The topological polar surface area (TPSA) is 43.6 Å². The van der Waals surface area contributed by atoms with Crippen molar-refractivity contribution in [3.05, 3.63) is 35.3 Å². The summed E-state index contributed by atoms with van der Waals surface area (Å²) in [4.78, 5) is 7.24. The van der Waals surface area contributed by atoms with E-state index in [9.17, 15) is 4.39 Å². The Kier molecular flexibility index (Phi) is 2.05. The zero-order chi connectivity index (χ0) is 9.26. The fourth-order valence-electron chi connectivity index (χ4n) is 0.905. The van der Waals surface area contributed by atoms with Crippen molar-refractivity contribution in [3.63, 3.8) is 0 Å². The van der Waals surface area contributed by atoms with E-state index in [0.717, 1.165) is 0 Å². The first-order valence-corrected chi connectivity index (χ1v) is 4.23. The maximum atomic E-state index is 13.1. The first kappa shape index (κ1) is 8.31. The third-order valence-electron chi connectivity index (χ3n) is 1.45. The lowest BCUT2D eigenvalue weighted by Gasteiger charge is -2.00. The van der Waals surface area contributed by atoms with Crippen molar-refractivity contribution in [3.8, 4) is 5.69 Å². The molecule has 2 aromatic heterocycles. The molecular weight excluding hydrogens is 239 g/mol. The molecule has 0 saturated carbocycles. The van der Waals surface area contributed by atoms with Crippen molar-refractivity contribution in [2.24, 2.45) is 0 Å². The molecule has 2 rings (SSSR count). The maximum absolute atomic E-state index is 13.1. The van der Waals surface area contributed by atoms with Gasteiger partial charge in [0.25, 0.3) is 0 Å². The molecule has 0 amide bonds. The van der Waals surface area contributed by atoms with Gasteiger partial charge < -0.3 is 0 Å². The molecule has 0 unspecified atom stereocenters. The Hall–Kier alpha value is -1.30. The molecular formula is C7H4BrFN4. The van der Waals surface area contributed by atoms with Gasteiger partial charge in [0.2, 0.25) is 5.95 Å². The zero-order valence-corrected chi connectivity index (χ0v) is 7.94. The highest BCUT2D eigenvalue weighted by molar-refractivity contribution is 9.10. The van der Waals surface area contributed by atoms with E-state index in [1.54, 1.807) is 6.07 Å². The molecule has 0 aliphatic rings. The fourth-order valence-corrected chi connectivity index (χ4v) is 1.22. The van der Waals surface area contributed by atoms with E-state index >= 15 is 0 Å². The van der Waals surface area contributed by atoms with Crippen molar-refractivity contribution in [2.75, 3.05) is 0 Å². The van der Waals surface area contributed by atoms with Crippen LogP contribution in [-0.4, -0.2) is 19.7 Å². The molecule has 0 spiro atoms. The van der Waals surface area contributed by atoms with E-state index < -0.39 is 5.95 Å². The SMILES string of the molecule is Fc1ncc(Br)cc1-n1cncn1. The lowest BCUT2D eigenvalue weighted by atomic mass is 10.4. The van der Waals surface area contributed by atoms with E-state index in [2.05, 4.69) is 31.0 Å². The number of rotatable bonds is 1. The van der Waals surface area contributed by atoms with Gasteiger partial charge in [-0.1, -0.05) is 0 Å². The molecule has 0 aliphatic carbocycles. The van der Waals surface area contributed by atoms with E-state index in [1.807, 2.05) is 0 Å². The van der Waals surface area contributed by atoms with Crippen LogP contribution in [0.4, 0.5) is 4.39 Å². The second kappa shape index (κ2) is 3.21. The summed E-state index contributed by atoms with van der Waals surface area (Å²) in [6, 6.07) is 1.58. The maximum Gasteiger partial charge on any atom is 0.238 e. The highest BCUT2D eigenvalue weighted by Crippen LogP contribution is 2.15. The minimum Gasteiger partial charge on any atom is -0.225 e. The summed E-state index contributed by atoms with van der Waals surface area (Å²) in [5.41, 5.74) is 0.270. The lowest BCUT2D eigenvalue weighted by molar-refractivity contribution is 0.568. The Bertz CT molecular complexity index is 414. The average Bonchev–Trinajstić information content (AvgIpc) is 2.61. The van der Waals surface area contributed by atoms with Gasteiger partial charge in [-0.15, -0.1) is 0 Å². The lowest BCUT2D eigenvalue weighted by Crippen LogP contribution is -1.99. The number of nitrogens with zero attached hydrogens (tertiary/aromatic N) is 4. The quantitative estimate of drug-likeness (QED) is 0.714. The summed E-state index contributed by atoms with van der Waals surface area (Å²) in [5.74, 6) is -0.575. The highest BCUT2D eigenvalue weighted by atomic mass is 79.9. The number of aromatic nitrogens is 4. The molecule has 0 bridgehead atoms. The predicted molar refractivity (Wildman–Crippen MR) is 46.8 cm³/mol. The Morgan fingerprint density at radius 1 is 1.46 bits per heavy atom. The van der Waals surface area contributed by atoms with Crippen molar-refractivity contribution in [1.29, 1.82) is 0 Å². The summed E-state index contributed by atoms with van der Waals surface area (Å²) in [6.45, 7) is 0. The van der Waals surface area contributed by atoms with Crippen LogP contribution < -0.4 is 0 Å². The van der Waals surface area contributed by atoms with Crippen LogP contribution in [-0.2, 0) is 0 Å². The Morgan fingerprint density at radius 2 is 2.31 bits per heavy atom. The van der Waals surface area contributed by atoms with Gasteiger partial charge in [-0.2, -0.15) is 9.49 Å². The normalized spacial score (nSPS) is 10.3. The monoisotopic (exact) mass is 242 g/mol. The van der Waals surface area contributed by atoms with E-state index in [1.165, 1.54) is 23.5 Å². The van der Waals surface area contributed by atoms with Crippen LogP contribution in [0.2, 0.25) is 0 Å². The first-order chi connectivity index (χ1) is 6.27. The van der Waals surface area contributed by atoms with Gasteiger partial charge >= 0.3 is 0 Å². The summed E-state index contributed by atoms with van der Waals surface area (Å²) >= 11 is 3.19. The van der Waals surface area contributed by atoms with Crippen LogP contribution in [0, 0.1) is 5.95 Å². The summed E-state index contributed by atoms with van der Waals surface area (Å²) < 4.78 is 15.1. The van der Waals surface area contributed by atoms with Gasteiger partial charge in [0.05, 0.1) is 0 Å². The van der Waals surface area contributed by atoms with Crippen LogP contribution in [0.15, 0.2) is 29.4 Å². The second-order valence-electron chi connectivity index (χ2n) is 2.30. The molecule has 2 aromatic rings. The number of hydrogen-bond acceptors (Lipinski definition) is 3. The summed E-state index contributed by atoms with van der Waals surface area (Å²) in [5, 5.41) is 3.79. The van der Waals surface area contributed by atoms with Gasteiger partial charge in [0.1, 0.15) is 18.3 Å². The van der Waals surface area contributed by atoms with Crippen LogP contribution >= 0.6 is 15.9 Å². The third kappa shape index (κ3) is 1.57. The standard InChI is InChI=1S/C7H4BrFN4/c8-5-1-6(7(9)11-2-5)13-4-10-3-12-13/h1-4H. The number of hydrogen-bond donors (Lipinski definition) is 0. The van der Waals surface area contributed by atoms with Crippen molar-refractivity contribution < 1.29 is 4.39 Å². The molecule has 2 heterocycles. The molecule has 0 aromatic carbocycles. The minimum atomic E-state index is -0.575. The van der Waals surface area contributed by atoms with Gasteiger partial charge in [0.15, 0.2) is 0 Å². The highest BCUT2D eigenvalue weighted by Gasteiger charge is 2.06. The zero-order valence-electron chi connectivity index (χ0n) is 6.35. The first-order valence-electron chi connectivity index (χ1n) is 3.43. The van der Waals surface area contributed by atoms with E-state index in [0.29, 0.717) is 4.47 Å². The van der Waals surface area contributed by atoms with Crippen molar-refractivity contribution in [2.45, 2.75) is 0 Å². The molecule has 0 fully saturated rings. The van der Waals surface area contributed by atoms with Crippen LogP contribution in [0.25, 0.3) is 5.69 Å². The van der Waals surface area contributed by atoms with E-state index in [-0.39, 0.29) is 5.69 Å². The Labute approximate surface area is 81.6 Å². The molecule has 4 nitrogen and oxygen atoms in total. The third-order valence-corrected chi connectivity index (χ3v) is 1.89. The van der Waals surface area contributed by atoms with Crippen LogP contribution in [0.5, 0.6) is 0 Å². The van der Waals surface area contributed by atoms with E-state index in [4.69, 9.17) is 0 Å². The molecule has 13 heavy (non-hydrogen) atoms. The Balaban J connectivity index is 2.57. The van der Waals surface area contributed by atoms with Gasteiger partial charge in [-0.05, 0) is 22.0 Å². The van der Waals surface area contributed by atoms with Gasteiger partial charge in [0, 0.05) is 10.7 Å². The predicted octanol–water partition coefficient (Wildman–Crippen LogP) is 1.56. The molecule has 0 aliphatic heterocycles. The van der Waals surface area contributed by atoms with Gasteiger partial charge in [-0.25, -0.2) is 14.6 Å². The summed E-state index contributed by atoms with van der Waals surface area (Å²) in [7, 11) is 0. The van der Waals surface area contributed by atoms with Crippen LogP contribution in [0.1, 0.15) is 0 Å². The fraction of sp³-hybridized carbons (Fsp3) is 0. The summed E-state index contributed by atoms with van der Waals surface area (Å²) in [6.07, 6.45) is 4.13. The van der Waals surface area contributed by atoms with Crippen LogP contribution in [0.3, 0.4) is 0 Å². The Morgan fingerprint density at radius 3 is 3.00 bits per heavy atom. The molecule has 0 saturated heterocycles. The second-order valence-corrected chi connectivity index (χ2v) is 3.22. The minimum absolute atomic E-state index is 0.270.